The van der Waals surface area contributed by atoms with E-state index >= 15 is 0 Å². The summed E-state index contributed by atoms with van der Waals surface area (Å²) in [5, 5.41) is 3.85. The van der Waals surface area contributed by atoms with Crippen LogP contribution in [0.3, 0.4) is 0 Å². The number of carbonyl (C=O) groups is 1. The predicted molar refractivity (Wildman–Crippen MR) is 94.0 cm³/mol. The summed E-state index contributed by atoms with van der Waals surface area (Å²) < 4.78 is 30.7. The molecule has 1 aromatic rings. The number of sulfonamides is 1. The molecule has 0 radical (unpaired) electrons. The number of nitrogens with zero attached hydrogens (tertiary/aromatic N) is 2. The quantitative estimate of drug-likeness (QED) is 0.807. The van der Waals surface area contributed by atoms with E-state index in [0.717, 1.165) is 5.01 Å². The van der Waals surface area contributed by atoms with Crippen LogP contribution in [-0.4, -0.2) is 62.7 Å². The van der Waals surface area contributed by atoms with Crippen LogP contribution in [0.5, 0.6) is 0 Å². The van der Waals surface area contributed by atoms with Crippen LogP contribution >= 0.6 is 11.3 Å². The summed E-state index contributed by atoms with van der Waals surface area (Å²) in [4.78, 5) is 17.6. The Labute approximate surface area is 147 Å². The van der Waals surface area contributed by atoms with E-state index in [1.807, 2.05) is 20.8 Å². The van der Waals surface area contributed by atoms with Gasteiger partial charge in [0.15, 0.2) is 0 Å². The number of aryl methyl sites for hydroxylation is 1. The van der Waals surface area contributed by atoms with Crippen LogP contribution in [0.1, 0.15) is 40.1 Å². The van der Waals surface area contributed by atoms with Gasteiger partial charge in [-0.15, -0.1) is 11.3 Å². The van der Waals surface area contributed by atoms with Crippen molar-refractivity contribution in [2.24, 2.45) is 5.92 Å². The summed E-state index contributed by atoms with van der Waals surface area (Å²) in [5.74, 6) is -0.231. The number of ether oxygens (including phenoxy) is 1. The molecule has 0 unspecified atom stereocenters. The van der Waals surface area contributed by atoms with E-state index in [-0.39, 0.29) is 29.5 Å². The van der Waals surface area contributed by atoms with E-state index in [4.69, 9.17) is 4.74 Å². The van der Waals surface area contributed by atoms with Crippen molar-refractivity contribution in [3.8, 4) is 0 Å². The maximum absolute atomic E-state index is 12.5. The number of rotatable bonds is 6. The third-order valence-electron chi connectivity index (χ3n) is 4.01. The highest BCUT2D eigenvalue weighted by Gasteiger charge is 2.34. The topological polar surface area (TPSA) is 88.6 Å². The molecule has 9 heteroatoms. The molecule has 1 aliphatic rings. The van der Waals surface area contributed by atoms with Gasteiger partial charge in [0.2, 0.25) is 10.0 Å². The average molecular weight is 376 g/mol. The second-order valence-corrected chi connectivity index (χ2v) is 9.82. The largest absolute Gasteiger partial charge is 0.379 e. The predicted octanol–water partition coefficient (Wildman–Crippen LogP) is 1.21. The van der Waals surface area contributed by atoms with Gasteiger partial charge in [0, 0.05) is 25.9 Å². The van der Waals surface area contributed by atoms with Crippen LogP contribution < -0.4 is 5.32 Å². The molecule has 2 rings (SSSR count). The van der Waals surface area contributed by atoms with Gasteiger partial charge in [-0.1, -0.05) is 13.8 Å². The fraction of sp³-hybridized carbons (Fsp3) is 0.733. The number of hydrogen-bond acceptors (Lipinski definition) is 6. The minimum atomic E-state index is -3.34. The third kappa shape index (κ3) is 4.33. The van der Waals surface area contributed by atoms with Gasteiger partial charge < -0.3 is 10.1 Å². The van der Waals surface area contributed by atoms with Gasteiger partial charge in [-0.2, -0.15) is 0 Å². The van der Waals surface area contributed by atoms with E-state index < -0.39 is 10.0 Å². The van der Waals surface area contributed by atoms with Crippen molar-refractivity contribution in [1.29, 1.82) is 0 Å². The summed E-state index contributed by atoms with van der Waals surface area (Å²) in [6.45, 7) is 6.54. The third-order valence-corrected chi connectivity index (χ3v) is 7.43. The van der Waals surface area contributed by atoms with Crippen molar-refractivity contribution >= 4 is 27.3 Å². The zero-order chi connectivity index (χ0) is 18.1. The Morgan fingerprint density at radius 2 is 2.08 bits per heavy atom. The average Bonchev–Trinajstić information content (AvgIpc) is 3.05. The van der Waals surface area contributed by atoms with Gasteiger partial charge in [0.25, 0.3) is 5.91 Å². The van der Waals surface area contributed by atoms with E-state index in [9.17, 15) is 13.2 Å². The molecule has 1 N–H and O–H groups in total. The van der Waals surface area contributed by atoms with Crippen molar-refractivity contribution < 1.29 is 17.9 Å². The van der Waals surface area contributed by atoms with Crippen LogP contribution in [0, 0.1) is 12.8 Å². The highest BCUT2D eigenvalue weighted by Crippen LogP contribution is 2.25. The molecule has 136 valence electrons. The minimum Gasteiger partial charge on any atom is -0.379 e. The Balaban J connectivity index is 2.08. The summed E-state index contributed by atoms with van der Waals surface area (Å²) >= 11 is 1.39. The van der Waals surface area contributed by atoms with Crippen LogP contribution in [0.2, 0.25) is 0 Å². The standard InChI is InChI=1S/C15H25N3O4S2/c1-9(2)15-16-10(3)13(23-15)14(19)17-12-7-22-6-11(12)8-24(20,21)18(4)5/h9,11-12H,6-8H2,1-5H3,(H,17,19)/t11-,12-/m0/s1. The van der Waals surface area contributed by atoms with Crippen LogP contribution in [0.15, 0.2) is 0 Å². The first-order valence-corrected chi connectivity index (χ1v) is 10.3. The zero-order valence-electron chi connectivity index (χ0n) is 14.7. The summed E-state index contributed by atoms with van der Waals surface area (Å²) in [6.07, 6.45) is 0. The number of hydrogen-bond donors (Lipinski definition) is 1. The maximum atomic E-state index is 12.5. The van der Waals surface area contributed by atoms with E-state index in [1.165, 1.54) is 29.7 Å². The number of nitrogens with one attached hydrogen (secondary N) is 1. The second kappa shape index (κ2) is 7.47. The monoisotopic (exact) mass is 375 g/mol. The number of aromatic nitrogens is 1. The molecule has 0 aromatic carbocycles. The molecular formula is C15H25N3O4S2. The molecule has 0 aliphatic carbocycles. The summed E-state index contributed by atoms with van der Waals surface area (Å²) in [7, 11) is -0.324. The van der Waals surface area contributed by atoms with Crippen molar-refractivity contribution in [1.82, 2.24) is 14.6 Å². The van der Waals surface area contributed by atoms with Crippen molar-refractivity contribution in [2.75, 3.05) is 33.1 Å². The fourth-order valence-corrected chi connectivity index (χ4v) is 4.59. The first-order valence-electron chi connectivity index (χ1n) is 7.88. The lowest BCUT2D eigenvalue weighted by atomic mass is 10.1. The molecule has 2 atom stereocenters. The van der Waals surface area contributed by atoms with Crippen molar-refractivity contribution in [2.45, 2.75) is 32.7 Å². The highest BCUT2D eigenvalue weighted by molar-refractivity contribution is 7.89. The van der Waals surface area contributed by atoms with Crippen LogP contribution in [-0.2, 0) is 14.8 Å². The lowest BCUT2D eigenvalue weighted by Gasteiger charge is -2.20. The molecule has 0 saturated carbocycles. The fourth-order valence-electron chi connectivity index (χ4n) is 2.45. The molecule has 1 fully saturated rings. The molecule has 0 spiro atoms. The normalized spacial score (nSPS) is 21.6. The number of amides is 1. The van der Waals surface area contributed by atoms with Gasteiger partial charge in [0.1, 0.15) is 4.88 Å². The van der Waals surface area contributed by atoms with Crippen molar-refractivity contribution in [3.05, 3.63) is 15.6 Å². The Hall–Kier alpha value is -1.03. The van der Waals surface area contributed by atoms with Gasteiger partial charge in [0.05, 0.1) is 35.7 Å². The van der Waals surface area contributed by atoms with Crippen LogP contribution in [0.25, 0.3) is 0 Å². The molecule has 7 nitrogen and oxygen atoms in total. The van der Waals surface area contributed by atoms with Gasteiger partial charge in [-0.3, -0.25) is 4.79 Å². The van der Waals surface area contributed by atoms with E-state index in [2.05, 4.69) is 10.3 Å². The lowest BCUT2D eigenvalue weighted by Crippen LogP contribution is -2.43. The Morgan fingerprint density at radius 1 is 1.42 bits per heavy atom. The second-order valence-electron chi connectivity index (χ2n) is 6.56. The molecule has 2 heterocycles. The van der Waals surface area contributed by atoms with E-state index in [0.29, 0.717) is 23.8 Å². The smallest absolute Gasteiger partial charge is 0.263 e. The summed E-state index contributed by atoms with van der Waals surface area (Å²) in [6, 6.07) is -0.309. The molecule has 1 aromatic heterocycles. The highest BCUT2D eigenvalue weighted by atomic mass is 32.2. The minimum absolute atomic E-state index is 0.0378. The first kappa shape index (κ1) is 19.3. The van der Waals surface area contributed by atoms with E-state index in [1.54, 1.807) is 0 Å². The first-order chi connectivity index (χ1) is 11.1. The van der Waals surface area contributed by atoms with Gasteiger partial charge >= 0.3 is 0 Å². The molecule has 0 bridgehead atoms. The molecule has 1 saturated heterocycles. The Bertz CT molecular complexity index is 698. The zero-order valence-corrected chi connectivity index (χ0v) is 16.3. The molecule has 1 amide bonds. The van der Waals surface area contributed by atoms with Crippen LogP contribution in [0.4, 0.5) is 0 Å². The lowest BCUT2D eigenvalue weighted by molar-refractivity contribution is 0.0929. The van der Waals surface area contributed by atoms with Crippen molar-refractivity contribution in [3.63, 3.8) is 0 Å². The number of thiazole rings is 1. The maximum Gasteiger partial charge on any atom is 0.263 e. The molecular weight excluding hydrogens is 350 g/mol. The van der Waals surface area contributed by atoms with Gasteiger partial charge in [-0.25, -0.2) is 17.7 Å². The Morgan fingerprint density at radius 3 is 2.62 bits per heavy atom. The van der Waals surface area contributed by atoms with Gasteiger partial charge in [-0.05, 0) is 6.92 Å². The molecule has 1 aliphatic heterocycles. The SMILES string of the molecule is Cc1nc(C(C)C)sc1C(=O)N[C@H]1COC[C@H]1CS(=O)(=O)N(C)C. The summed E-state index contributed by atoms with van der Waals surface area (Å²) in [5.41, 5.74) is 0.706. The molecule has 24 heavy (non-hydrogen) atoms. The number of carbonyl (C=O) groups excluding carboxylic acids is 1. The Kier molecular flexibility index (Phi) is 6.00.